The summed E-state index contributed by atoms with van der Waals surface area (Å²) < 4.78 is 51.1. The lowest BCUT2D eigenvalue weighted by atomic mass is 9.97. The maximum atomic E-state index is 13.4. The van der Waals surface area contributed by atoms with Gasteiger partial charge in [0, 0.05) is 11.4 Å². The van der Waals surface area contributed by atoms with Gasteiger partial charge in [0.15, 0.2) is 0 Å². The minimum atomic E-state index is -5.17. The average Bonchev–Trinajstić information content (AvgIpc) is 2.96. The number of alkyl halides is 3. The molecule has 0 aliphatic heterocycles. The third-order valence-electron chi connectivity index (χ3n) is 6.53. The zero-order valence-electron chi connectivity index (χ0n) is 23.9. The monoisotopic (exact) mass is 672 g/mol. The van der Waals surface area contributed by atoms with Gasteiger partial charge in [-0.2, -0.15) is 13.2 Å². The number of hydrogen-bond donors (Lipinski definition) is 2. The predicted molar refractivity (Wildman–Crippen MR) is 162 cm³/mol. The van der Waals surface area contributed by atoms with Crippen molar-refractivity contribution in [3.63, 3.8) is 0 Å². The molecule has 3 unspecified atom stereocenters. The highest BCUT2D eigenvalue weighted by Gasteiger charge is 2.45. The lowest BCUT2D eigenvalue weighted by Crippen LogP contribution is -2.56. The molecule has 3 aromatic rings. The van der Waals surface area contributed by atoms with E-state index in [9.17, 15) is 27.6 Å². The molecule has 0 spiro atoms. The smallest absolute Gasteiger partial charge is 0.452 e. The Kier molecular flexibility index (Phi) is 12.3. The van der Waals surface area contributed by atoms with Gasteiger partial charge in [0.05, 0.1) is 29.6 Å². The molecule has 3 rings (SSSR count). The number of benzene rings is 3. The summed E-state index contributed by atoms with van der Waals surface area (Å²) in [6.45, 7) is 2.75. The van der Waals surface area contributed by atoms with Gasteiger partial charge in [-0.15, -0.1) is 0 Å². The van der Waals surface area contributed by atoms with Crippen LogP contribution in [0.2, 0.25) is 15.1 Å². The molecule has 2 amide bonds. The zero-order chi connectivity index (χ0) is 32.6. The van der Waals surface area contributed by atoms with Crippen LogP contribution in [0, 0.1) is 5.92 Å². The fraction of sp³-hybridized carbons (Fsp3) is 0.323. The number of ether oxygens (including phenoxy) is 2. The summed E-state index contributed by atoms with van der Waals surface area (Å²) in [6, 6.07) is 14.5. The van der Waals surface area contributed by atoms with Crippen LogP contribution in [-0.2, 0) is 20.8 Å². The highest BCUT2D eigenvalue weighted by atomic mass is 35.5. The minimum absolute atomic E-state index is 0.125. The number of nitrogens with one attached hydrogen (secondary N) is 2. The van der Waals surface area contributed by atoms with Crippen LogP contribution in [0.5, 0.6) is 11.5 Å². The van der Waals surface area contributed by atoms with E-state index in [1.165, 1.54) is 27.0 Å². The van der Waals surface area contributed by atoms with Crippen molar-refractivity contribution < 1.29 is 37.0 Å². The van der Waals surface area contributed by atoms with E-state index in [0.717, 1.165) is 0 Å². The van der Waals surface area contributed by atoms with Crippen molar-refractivity contribution in [2.75, 3.05) is 7.11 Å². The third kappa shape index (κ3) is 10.0. The fourth-order valence-corrected chi connectivity index (χ4v) is 4.77. The van der Waals surface area contributed by atoms with E-state index < -0.39 is 47.9 Å². The van der Waals surface area contributed by atoms with Crippen LogP contribution in [0.3, 0.4) is 0 Å². The fourth-order valence-electron chi connectivity index (χ4n) is 4.25. The Morgan fingerprint density at radius 3 is 2.09 bits per heavy atom. The van der Waals surface area contributed by atoms with Crippen LogP contribution in [-0.4, -0.2) is 43.0 Å². The molecule has 2 N–H and O–H groups in total. The molecule has 0 fully saturated rings. The Hall–Kier alpha value is -3.47. The number of methoxy groups -OCH3 is 1. The second-order valence-electron chi connectivity index (χ2n) is 10.2. The first kappa shape index (κ1) is 35.0. The molecule has 236 valence electrons. The molecule has 3 atom stereocenters. The van der Waals surface area contributed by atoms with Crippen molar-refractivity contribution in [1.29, 1.82) is 0 Å². The van der Waals surface area contributed by atoms with E-state index in [4.69, 9.17) is 44.3 Å². The SMILES string of the molecule is COc1ccc(OC(CC(=O)NC(Cc2cccc(Cl)c2)C(=O)NC(C(=O)C(F)(F)F)C(C)C)c2ccc(Cl)c(Cl)c2)cc1. The number of rotatable bonds is 13. The zero-order valence-corrected chi connectivity index (χ0v) is 26.2. The molecule has 0 heterocycles. The van der Waals surface area contributed by atoms with E-state index >= 15 is 0 Å². The maximum absolute atomic E-state index is 13.4. The van der Waals surface area contributed by atoms with Gasteiger partial charge in [-0.05, 0) is 65.6 Å². The van der Waals surface area contributed by atoms with Gasteiger partial charge in [-0.25, -0.2) is 0 Å². The summed E-state index contributed by atoms with van der Waals surface area (Å²) in [6.07, 6.45) is -6.53. The van der Waals surface area contributed by atoms with Crippen LogP contribution in [0.15, 0.2) is 66.7 Å². The van der Waals surface area contributed by atoms with Crippen LogP contribution < -0.4 is 20.1 Å². The van der Waals surface area contributed by atoms with Gasteiger partial charge in [0.2, 0.25) is 11.8 Å². The normalized spacial score (nSPS) is 13.5. The number of carbonyl (C=O) groups excluding carboxylic acids is 3. The number of halogens is 6. The third-order valence-corrected chi connectivity index (χ3v) is 7.50. The molecule has 44 heavy (non-hydrogen) atoms. The molecule has 0 bridgehead atoms. The van der Waals surface area contributed by atoms with Crippen LogP contribution in [0.1, 0.15) is 37.5 Å². The average molecular weight is 674 g/mol. The molecule has 0 aliphatic rings. The summed E-state index contributed by atoms with van der Waals surface area (Å²) >= 11 is 18.4. The maximum Gasteiger partial charge on any atom is 0.452 e. The van der Waals surface area contributed by atoms with E-state index in [1.807, 2.05) is 0 Å². The summed E-state index contributed by atoms with van der Waals surface area (Å²) in [7, 11) is 1.51. The highest BCUT2D eigenvalue weighted by Crippen LogP contribution is 2.31. The molecular formula is C31H30Cl3F3N2O5. The summed E-state index contributed by atoms with van der Waals surface area (Å²) in [5.74, 6) is -3.64. The quantitative estimate of drug-likeness (QED) is 0.201. The van der Waals surface area contributed by atoms with E-state index in [0.29, 0.717) is 27.6 Å². The Morgan fingerprint density at radius 1 is 0.864 bits per heavy atom. The van der Waals surface area contributed by atoms with Crippen LogP contribution in [0.4, 0.5) is 13.2 Å². The van der Waals surface area contributed by atoms with Gasteiger partial charge in [0.1, 0.15) is 23.6 Å². The summed E-state index contributed by atoms with van der Waals surface area (Å²) in [4.78, 5) is 38.8. The van der Waals surface area contributed by atoms with Gasteiger partial charge < -0.3 is 20.1 Å². The van der Waals surface area contributed by atoms with Crippen LogP contribution >= 0.6 is 34.8 Å². The molecular weight excluding hydrogens is 644 g/mol. The molecule has 0 saturated carbocycles. The van der Waals surface area contributed by atoms with Gasteiger partial charge in [-0.1, -0.05) is 66.8 Å². The lowest BCUT2D eigenvalue weighted by Gasteiger charge is -2.26. The second kappa shape index (κ2) is 15.5. The number of carbonyl (C=O) groups is 3. The topological polar surface area (TPSA) is 93.7 Å². The van der Waals surface area contributed by atoms with Gasteiger partial charge in [-0.3, -0.25) is 14.4 Å². The Bertz CT molecular complexity index is 1470. The number of amides is 2. The van der Waals surface area contributed by atoms with Crippen molar-refractivity contribution in [3.8, 4) is 11.5 Å². The molecule has 7 nitrogen and oxygen atoms in total. The lowest BCUT2D eigenvalue weighted by molar-refractivity contribution is -0.175. The molecule has 0 radical (unpaired) electrons. The molecule has 0 aromatic heterocycles. The Morgan fingerprint density at radius 2 is 1.52 bits per heavy atom. The van der Waals surface area contributed by atoms with Crippen molar-refractivity contribution in [1.82, 2.24) is 10.6 Å². The highest BCUT2D eigenvalue weighted by molar-refractivity contribution is 6.42. The van der Waals surface area contributed by atoms with Crippen molar-refractivity contribution >= 4 is 52.4 Å². The first-order valence-electron chi connectivity index (χ1n) is 13.4. The second-order valence-corrected chi connectivity index (χ2v) is 11.5. The predicted octanol–water partition coefficient (Wildman–Crippen LogP) is 7.17. The first-order chi connectivity index (χ1) is 20.7. The summed E-state index contributed by atoms with van der Waals surface area (Å²) in [5, 5.41) is 5.64. The Balaban J connectivity index is 1.89. The first-order valence-corrected chi connectivity index (χ1v) is 14.5. The van der Waals surface area contributed by atoms with E-state index in [2.05, 4.69) is 10.6 Å². The van der Waals surface area contributed by atoms with Crippen LogP contribution in [0.25, 0.3) is 0 Å². The van der Waals surface area contributed by atoms with Gasteiger partial charge >= 0.3 is 6.18 Å². The number of ketones is 1. The molecule has 0 aliphatic carbocycles. The Labute approximate surface area is 268 Å². The van der Waals surface area contributed by atoms with Gasteiger partial charge in [0.25, 0.3) is 5.78 Å². The van der Waals surface area contributed by atoms with Crippen molar-refractivity contribution in [2.24, 2.45) is 5.92 Å². The largest absolute Gasteiger partial charge is 0.497 e. The number of hydrogen-bond acceptors (Lipinski definition) is 5. The molecule has 0 saturated heterocycles. The minimum Gasteiger partial charge on any atom is -0.497 e. The van der Waals surface area contributed by atoms with E-state index in [-0.39, 0.29) is 22.9 Å². The summed E-state index contributed by atoms with van der Waals surface area (Å²) in [5.41, 5.74) is 1.02. The van der Waals surface area contributed by atoms with E-state index in [1.54, 1.807) is 60.7 Å². The van der Waals surface area contributed by atoms with Crippen molar-refractivity contribution in [3.05, 3.63) is 92.9 Å². The number of Topliss-reactive ketones (excluding diaryl/α,β-unsaturated/α-hetero) is 1. The molecule has 13 heteroatoms. The molecule has 3 aromatic carbocycles. The van der Waals surface area contributed by atoms with Crippen molar-refractivity contribution in [2.45, 2.75) is 51.1 Å². The standard InChI is InChI=1S/C31H30Cl3F3N2O5/c1-17(2)28(29(41)31(35,36)37)39-30(42)25(14-18-5-4-6-20(32)13-18)38-27(40)16-26(19-7-12-23(33)24(34)15-19)44-22-10-8-21(43-3)9-11-22/h4-13,15,17,25-26,28H,14,16H2,1-3H3,(H,38,40)(H,39,42).